The highest BCUT2D eigenvalue weighted by Crippen LogP contribution is 2.36. The lowest BCUT2D eigenvalue weighted by molar-refractivity contribution is -0.150. The topological polar surface area (TPSA) is 140 Å². The molecule has 0 aliphatic carbocycles. The smallest absolute Gasteiger partial charge is 0.330 e. The van der Waals surface area contributed by atoms with Crippen molar-refractivity contribution in [2.45, 2.75) is 44.1 Å². The van der Waals surface area contributed by atoms with Gasteiger partial charge in [-0.2, -0.15) is 0 Å². The van der Waals surface area contributed by atoms with E-state index in [1.807, 2.05) is 0 Å². The number of rotatable bonds is 9. The molecule has 3 atom stereocenters. The summed E-state index contributed by atoms with van der Waals surface area (Å²) < 4.78 is 12.0. The van der Waals surface area contributed by atoms with Crippen LogP contribution in [0.1, 0.15) is 31.1 Å². The van der Waals surface area contributed by atoms with Gasteiger partial charge in [-0.05, 0) is 50.7 Å². The van der Waals surface area contributed by atoms with Crippen LogP contribution >= 0.6 is 0 Å². The van der Waals surface area contributed by atoms with Crippen molar-refractivity contribution in [3.63, 3.8) is 0 Å². The summed E-state index contributed by atoms with van der Waals surface area (Å²) in [6.45, 7) is -0.539. The van der Waals surface area contributed by atoms with Gasteiger partial charge in [-0.25, -0.2) is 4.79 Å². The number of carbonyl (C=O) groups excluding carboxylic acids is 2. The summed E-state index contributed by atoms with van der Waals surface area (Å²) in [6.07, 6.45) is 0.371. The molecule has 1 saturated heterocycles. The fourth-order valence-corrected chi connectivity index (χ4v) is 5.63. The van der Waals surface area contributed by atoms with Crippen molar-refractivity contribution in [1.29, 1.82) is 0 Å². The molecule has 0 saturated carbocycles. The summed E-state index contributed by atoms with van der Waals surface area (Å²) in [4.78, 5) is 49.9. The minimum absolute atomic E-state index is 0.0942. The van der Waals surface area contributed by atoms with Crippen LogP contribution in [0.25, 0.3) is 32.3 Å². The number of aromatic amines is 1. The van der Waals surface area contributed by atoms with Gasteiger partial charge in [-0.15, -0.1) is 0 Å². The zero-order valence-electron chi connectivity index (χ0n) is 22.2. The van der Waals surface area contributed by atoms with Gasteiger partial charge < -0.3 is 19.9 Å². The Kier molecular flexibility index (Phi) is 7.25. The van der Waals surface area contributed by atoms with Gasteiger partial charge in [-0.1, -0.05) is 54.6 Å². The molecule has 1 aliphatic heterocycles. The predicted molar refractivity (Wildman–Crippen MR) is 153 cm³/mol. The van der Waals surface area contributed by atoms with E-state index in [0.29, 0.717) is 6.42 Å². The standard InChI is InChI=1S/C31H29N3O7/c35-23-15-27(34-14-13-26(37)33-31(34)39)41-24(23)17-40-28(38)16-32-25(36)6-2-3-18-7-8-21-10-9-19-4-1-5-20-11-12-22(18)30(21)29(19)20/h1,4-5,7-14,23-24,27,35H,2-3,6,15-17H2,(H,32,36)(H,33,37,39)/t23?,24-,27-/m0/s1. The van der Waals surface area contributed by atoms with Crippen LogP contribution in [0.5, 0.6) is 0 Å². The number of aromatic nitrogens is 2. The summed E-state index contributed by atoms with van der Waals surface area (Å²) in [7, 11) is 0. The van der Waals surface area contributed by atoms with Crippen molar-refractivity contribution in [2.24, 2.45) is 0 Å². The van der Waals surface area contributed by atoms with E-state index in [-0.39, 0.29) is 31.9 Å². The maximum Gasteiger partial charge on any atom is 0.330 e. The van der Waals surface area contributed by atoms with Gasteiger partial charge in [0, 0.05) is 25.1 Å². The molecule has 1 aromatic heterocycles. The second-order valence-electron chi connectivity index (χ2n) is 10.3. The van der Waals surface area contributed by atoms with Gasteiger partial charge in [0.2, 0.25) is 5.91 Å². The molecule has 1 amide bonds. The van der Waals surface area contributed by atoms with E-state index in [0.717, 1.165) is 11.0 Å². The molecule has 0 radical (unpaired) electrons. The van der Waals surface area contributed by atoms with E-state index in [1.165, 1.54) is 50.1 Å². The zero-order valence-corrected chi connectivity index (χ0v) is 22.2. The Bertz CT molecular complexity index is 1840. The van der Waals surface area contributed by atoms with Crippen molar-refractivity contribution in [2.75, 3.05) is 13.2 Å². The minimum Gasteiger partial charge on any atom is -0.462 e. The monoisotopic (exact) mass is 555 g/mol. The number of carbonyl (C=O) groups is 2. The molecule has 3 N–H and O–H groups in total. The lowest BCUT2D eigenvalue weighted by Gasteiger charge is -2.16. The quantitative estimate of drug-likeness (QED) is 0.188. The highest BCUT2D eigenvalue weighted by Gasteiger charge is 2.36. The summed E-state index contributed by atoms with van der Waals surface area (Å²) in [5.41, 5.74) is -0.0144. The van der Waals surface area contributed by atoms with Gasteiger partial charge in [0.25, 0.3) is 5.56 Å². The number of hydrogen-bond donors (Lipinski definition) is 3. The van der Waals surface area contributed by atoms with Crippen LogP contribution in [-0.2, 0) is 25.5 Å². The molecular weight excluding hydrogens is 526 g/mol. The fraction of sp³-hybridized carbons (Fsp3) is 0.290. The largest absolute Gasteiger partial charge is 0.462 e. The molecule has 0 spiro atoms. The maximum atomic E-state index is 12.4. The van der Waals surface area contributed by atoms with Crippen LogP contribution in [0, 0.1) is 0 Å². The number of aliphatic hydroxyl groups is 1. The van der Waals surface area contributed by atoms with Crippen molar-refractivity contribution in [3.8, 4) is 0 Å². The Morgan fingerprint density at radius 1 is 1.00 bits per heavy atom. The predicted octanol–water partition coefficient (Wildman–Crippen LogP) is 2.76. The third-order valence-electron chi connectivity index (χ3n) is 7.67. The number of amides is 1. The third-order valence-corrected chi connectivity index (χ3v) is 7.67. The highest BCUT2D eigenvalue weighted by atomic mass is 16.6. The molecule has 10 heteroatoms. The van der Waals surface area contributed by atoms with Crippen molar-refractivity contribution < 1.29 is 24.2 Å². The Morgan fingerprint density at radius 2 is 1.73 bits per heavy atom. The van der Waals surface area contributed by atoms with Gasteiger partial charge in [0.15, 0.2) is 0 Å². The number of hydrogen-bond acceptors (Lipinski definition) is 7. The molecule has 10 nitrogen and oxygen atoms in total. The van der Waals surface area contributed by atoms with Crippen LogP contribution in [0.2, 0.25) is 0 Å². The number of aliphatic hydroxyl groups excluding tert-OH is 1. The summed E-state index contributed by atoms with van der Waals surface area (Å²) in [6, 6.07) is 20.3. The normalized spacial score (nSPS) is 18.8. The first-order valence-electron chi connectivity index (χ1n) is 13.6. The first kappa shape index (κ1) is 26.7. The Balaban J connectivity index is 0.975. The molecule has 5 aromatic rings. The van der Waals surface area contributed by atoms with Crippen LogP contribution in [0.4, 0.5) is 0 Å². The Hall–Kier alpha value is -4.54. The second kappa shape index (κ2) is 11.1. The molecule has 6 rings (SSSR count). The Morgan fingerprint density at radius 3 is 2.51 bits per heavy atom. The number of esters is 1. The van der Waals surface area contributed by atoms with Crippen LogP contribution in [0.3, 0.4) is 0 Å². The van der Waals surface area contributed by atoms with Crippen LogP contribution in [-0.4, -0.2) is 51.9 Å². The van der Waals surface area contributed by atoms with E-state index in [2.05, 4.69) is 64.9 Å². The SMILES string of the molecule is O=C(CCCc1ccc2ccc3cccc4ccc1c2c34)NCC(=O)OC[C@@H]1O[C@H](n2ccc(=O)[nH]c2=O)CC1O. The van der Waals surface area contributed by atoms with E-state index >= 15 is 0 Å². The molecule has 0 bridgehead atoms. The number of ether oxygens (including phenoxy) is 2. The molecule has 4 aromatic carbocycles. The van der Waals surface area contributed by atoms with Crippen LogP contribution in [0.15, 0.2) is 76.4 Å². The third kappa shape index (κ3) is 5.44. The number of H-pyrrole nitrogens is 1. The lowest BCUT2D eigenvalue weighted by Crippen LogP contribution is -2.34. The molecule has 210 valence electrons. The molecule has 2 heterocycles. The van der Waals surface area contributed by atoms with Crippen molar-refractivity contribution in [1.82, 2.24) is 14.9 Å². The molecule has 41 heavy (non-hydrogen) atoms. The zero-order chi connectivity index (χ0) is 28.5. The van der Waals surface area contributed by atoms with E-state index in [1.54, 1.807) is 0 Å². The average Bonchev–Trinajstić information content (AvgIpc) is 3.34. The number of nitrogens with one attached hydrogen (secondary N) is 2. The summed E-state index contributed by atoms with van der Waals surface area (Å²) in [5.74, 6) is -0.917. The fourth-order valence-electron chi connectivity index (χ4n) is 5.63. The number of nitrogens with zero attached hydrogens (tertiary/aromatic N) is 1. The first-order chi connectivity index (χ1) is 19.9. The second-order valence-corrected chi connectivity index (χ2v) is 10.3. The molecule has 1 unspecified atom stereocenters. The van der Waals surface area contributed by atoms with Gasteiger partial charge in [0.1, 0.15) is 25.5 Å². The number of aryl methyl sites for hydroxylation is 1. The van der Waals surface area contributed by atoms with Crippen molar-refractivity contribution in [3.05, 3.63) is 93.3 Å². The first-order valence-corrected chi connectivity index (χ1v) is 13.6. The van der Waals surface area contributed by atoms with Gasteiger partial charge >= 0.3 is 11.7 Å². The van der Waals surface area contributed by atoms with E-state index in [9.17, 15) is 24.3 Å². The van der Waals surface area contributed by atoms with Crippen molar-refractivity contribution >= 4 is 44.2 Å². The average molecular weight is 556 g/mol. The van der Waals surface area contributed by atoms with E-state index < -0.39 is 35.7 Å². The molecule has 1 aliphatic rings. The minimum atomic E-state index is -0.971. The lowest BCUT2D eigenvalue weighted by atomic mass is 9.90. The number of benzene rings is 4. The van der Waals surface area contributed by atoms with Gasteiger partial charge in [-0.3, -0.25) is 23.9 Å². The molecular formula is C31H29N3O7. The summed E-state index contributed by atoms with van der Waals surface area (Å²) in [5, 5.41) is 20.2. The maximum absolute atomic E-state index is 12.4. The van der Waals surface area contributed by atoms with E-state index in [4.69, 9.17) is 9.47 Å². The Labute approximate surface area is 233 Å². The van der Waals surface area contributed by atoms with Gasteiger partial charge in [0.05, 0.1) is 6.10 Å². The van der Waals surface area contributed by atoms with Crippen LogP contribution < -0.4 is 16.6 Å². The highest BCUT2D eigenvalue weighted by molar-refractivity contribution is 6.23. The summed E-state index contributed by atoms with van der Waals surface area (Å²) >= 11 is 0. The molecule has 1 fully saturated rings.